The zero-order valence-electron chi connectivity index (χ0n) is 11.3. The third kappa shape index (κ3) is 4.71. The molecule has 2 N–H and O–H groups in total. The molecular formula is C14H20N2O3. The largest absolute Gasteiger partial charge is 0.478 e. The predicted molar refractivity (Wildman–Crippen MR) is 74.4 cm³/mol. The SMILES string of the molecule is CCN(CC)CCC(=O)Nc1ccccc1C(=O)O. The van der Waals surface area contributed by atoms with Crippen molar-refractivity contribution < 1.29 is 14.7 Å². The van der Waals surface area contributed by atoms with Crippen LogP contribution in [0.4, 0.5) is 5.69 Å². The van der Waals surface area contributed by atoms with Gasteiger partial charge in [-0.25, -0.2) is 4.79 Å². The lowest BCUT2D eigenvalue weighted by molar-refractivity contribution is -0.116. The van der Waals surface area contributed by atoms with Gasteiger partial charge < -0.3 is 15.3 Å². The van der Waals surface area contributed by atoms with Gasteiger partial charge in [-0.2, -0.15) is 0 Å². The van der Waals surface area contributed by atoms with Gasteiger partial charge in [-0.3, -0.25) is 4.79 Å². The summed E-state index contributed by atoms with van der Waals surface area (Å²) in [6.45, 7) is 6.56. The standard InChI is InChI=1S/C14H20N2O3/c1-3-16(4-2)10-9-13(17)15-12-8-6-5-7-11(12)14(18)19/h5-8H,3-4,9-10H2,1-2H3,(H,15,17)(H,18,19). The van der Waals surface area contributed by atoms with E-state index in [1.165, 1.54) is 6.07 Å². The van der Waals surface area contributed by atoms with Crippen LogP contribution < -0.4 is 5.32 Å². The van der Waals surface area contributed by atoms with Crippen LogP contribution in [0, 0.1) is 0 Å². The molecule has 0 fully saturated rings. The Labute approximate surface area is 113 Å². The minimum atomic E-state index is -1.04. The van der Waals surface area contributed by atoms with Gasteiger partial charge in [0.05, 0.1) is 11.3 Å². The minimum absolute atomic E-state index is 0.110. The summed E-state index contributed by atoms with van der Waals surface area (Å²) in [4.78, 5) is 24.9. The third-order valence-electron chi connectivity index (χ3n) is 2.98. The Kier molecular flexibility index (Phi) is 6.02. The topological polar surface area (TPSA) is 69.6 Å². The van der Waals surface area contributed by atoms with Crippen LogP contribution in [0.1, 0.15) is 30.6 Å². The lowest BCUT2D eigenvalue weighted by Crippen LogP contribution is -2.27. The lowest BCUT2D eigenvalue weighted by Gasteiger charge is -2.17. The number of anilines is 1. The monoisotopic (exact) mass is 264 g/mol. The number of para-hydroxylation sites is 1. The summed E-state index contributed by atoms with van der Waals surface area (Å²) in [5.74, 6) is -1.21. The second-order valence-electron chi connectivity index (χ2n) is 4.18. The van der Waals surface area contributed by atoms with Gasteiger partial charge in [-0.15, -0.1) is 0 Å². The van der Waals surface area contributed by atoms with E-state index in [9.17, 15) is 9.59 Å². The fourth-order valence-corrected chi connectivity index (χ4v) is 1.79. The Balaban J connectivity index is 2.60. The molecule has 0 spiro atoms. The Bertz CT molecular complexity index is 442. The van der Waals surface area contributed by atoms with Gasteiger partial charge in [-0.1, -0.05) is 26.0 Å². The van der Waals surface area contributed by atoms with Crippen molar-refractivity contribution in [2.45, 2.75) is 20.3 Å². The molecule has 0 atom stereocenters. The van der Waals surface area contributed by atoms with Crippen molar-refractivity contribution in [1.82, 2.24) is 4.90 Å². The number of nitrogens with one attached hydrogen (secondary N) is 1. The quantitative estimate of drug-likeness (QED) is 0.791. The van der Waals surface area contributed by atoms with E-state index in [2.05, 4.69) is 10.2 Å². The summed E-state index contributed by atoms with van der Waals surface area (Å²) in [5.41, 5.74) is 0.457. The molecule has 0 aliphatic rings. The molecule has 0 heterocycles. The summed E-state index contributed by atoms with van der Waals surface area (Å²) < 4.78 is 0. The molecule has 0 saturated heterocycles. The Morgan fingerprint density at radius 2 is 1.84 bits per heavy atom. The highest BCUT2D eigenvalue weighted by Crippen LogP contribution is 2.15. The van der Waals surface area contributed by atoms with E-state index in [0.29, 0.717) is 18.7 Å². The van der Waals surface area contributed by atoms with E-state index in [1.807, 2.05) is 13.8 Å². The molecule has 0 aromatic heterocycles. The normalized spacial score (nSPS) is 10.5. The molecule has 5 nitrogen and oxygen atoms in total. The zero-order valence-corrected chi connectivity index (χ0v) is 11.3. The van der Waals surface area contributed by atoms with Crippen LogP contribution in [0.2, 0.25) is 0 Å². The first-order valence-corrected chi connectivity index (χ1v) is 6.43. The van der Waals surface area contributed by atoms with Crippen molar-refractivity contribution in [3.05, 3.63) is 29.8 Å². The first-order valence-electron chi connectivity index (χ1n) is 6.43. The van der Waals surface area contributed by atoms with Crippen molar-refractivity contribution in [3.8, 4) is 0 Å². The number of hydrogen-bond acceptors (Lipinski definition) is 3. The summed E-state index contributed by atoms with van der Waals surface area (Å²) in [5, 5.41) is 11.7. The van der Waals surface area contributed by atoms with E-state index < -0.39 is 5.97 Å². The maximum atomic E-state index is 11.8. The summed E-state index contributed by atoms with van der Waals surface area (Å²) in [7, 11) is 0. The van der Waals surface area contributed by atoms with Crippen LogP contribution in [-0.4, -0.2) is 41.5 Å². The average molecular weight is 264 g/mol. The first-order chi connectivity index (χ1) is 9.08. The second kappa shape index (κ2) is 7.53. The number of carboxylic acids is 1. The van der Waals surface area contributed by atoms with Crippen molar-refractivity contribution >= 4 is 17.6 Å². The van der Waals surface area contributed by atoms with Gasteiger partial charge in [-0.05, 0) is 25.2 Å². The molecule has 0 saturated carbocycles. The molecule has 0 unspecified atom stereocenters. The predicted octanol–water partition coefficient (Wildman–Crippen LogP) is 2.06. The van der Waals surface area contributed by atoms with E-state index in [4.69, 9.17) is 5.11 Å². The number of rotatable bonds is 7. The molecule has 5 heteroatoms. The maximum Gasteiger partial charge on any atom is 0.337 e. The number of nitrogens with zero attached hydrogens (tertiary/aromatic N) is 1. The molecule has 0 radical (unpaired) electrons. The fraction of sp³-hybridized carbons (Fsp3) is 0.429. The average Bonchev–Trinajstić information content (AvgIpc) is 2.40. The van der Waals surface area contributed by atoms with Crippen molar-refractivity contribution in [2.75, 3.05) is 25.0 Å². The zero-order chi connectivity index (χ0) is 14.3. The molecule has 0 bridgehead atoms. The summed E-state index contributed by atoms with van der Waals surface area (Å²) in [6.07, 6.45) is 0.357. The number of carbonyl (C=O) groups is 2. The van der Waals surface area contributed by atoms with Gasteiger partial charge in [0, 0.05) is 13.0 Å². The highest BCUT2D eigenvalue weighted by atomic mass is 16.4. The van der Waals surface area contributed by atoms with Gasteiger partial charge in [0.1, 0.15) is 0 Å². The highest BCUT2D eigenvalue weighted by Gasteiger charge is 2.12. The lowest BCUT2D eigenvalue weighted by atomic mass is 10.1. The first kappa shape index (κ1) is 15.2. The van der Waals surface area contributed by atoms with Crippen LogP contribution in [-0.2, 0) is 4.79 Å². The van der Waals surface area contributed by atoms with Gasteiger partial charge in [0.15, 0.2) is 0 Å². The van der Waals surface area contributed by atoms with E-state index in [-0.39, 0.29) is 11.5 Å². The number of benzene rings is 1. The van der Waals surface area contributed by atoms with Crippen LogP contribution in [0.15, 0.2) is 24.3 Å². The maximum absolute atomic E-state index is 11.8. The van der Waals surface area contributed by atoms with Crippen LogP contribution in [0.25, 0.3) is 0 Å². The van der Waals surface area contributed by atoms with Crippen molar-refractivity contribution in [1.29, 1.82) is 0 Å². The molecule has 1 rings (SSSR count). The molecule has 0 aliphatic carbocycles. The minimum Gasteiger partial charge on any atom is -0.478 e. The summed E-state index contributed by atoms with van der Waals surface area (Å²) in [6, 6.07) is 6.41. The van der Waals surface area contributed by atoms with Crippen molar-refractivity contribution in [3.63, 3.8) is 0 Å². The molecular weight excluding hydrogens is 244 g/mol. The van der Waals surface area contributed by atoms with Gasteiger partial charge in [0.2, 0.25) is 5.91 Å². The summed E-state index contributed by atoms with van der Waals surface area (Å²) >= 11 is 0. The number of aromatic carboxylic acids is 1. The molecule has 1 aromatic carbocycles. The molecule has 104 valence electrons. The number of carboxylic acid groups (broad SMARTS) is 1. The Morgan fingerprint density at radius 3 is 2.42 bits per heavy atom. The van der Waals surface area contributed by atoms with Crippen LogP contribution in [0.5, 0.6) is 0 Å². The fourth-order valence-electron chi connectivity index (χ4n) is 1.79. The molecule has 1 aromatic rings. The van der Waals surface area contributed by atoms with E-state index >= 15 is 0 Å². The number of hydrogen-bond donors (Lipinski definition) is 2. The molecule has 1 amide bonds. The Hall–Kier alpha value is -1.88. The third-order valence-corrected chi connectivity index (χ3v) is 2.98. The molecule has 19 heavy (non-hydrogen) atoms. The molecule has 0 aliphatic heterocycles. The highest BCUT2D eigenvalue weighted by molar-refractivity contribution is 6.00. The van der Waals surface area contributed by atoms with Crippen LogP contribution in [0.3, 0.4) is 0 Å². The number of amides is 1. The van der Waals surface area contributed by atoms with Gasteiger partial charge in [0.25, 0.3) is 0 Å². The second-order valence-corrected chi connectivity index (χ2v) is 4.18. The van der Waals surface area contributed by atoms with E-state index in [1.54, 1.807) is 18.2 Å². The Morgan fingerprint density at radius 1 is 1.21 bits per heavy atom. The van der Waals surface area contributed by atoms with Crippen molar-refractivity contribution in [2.24, 2.45) is 0 Å². The smallest absolute Gasteiger partial charge is 0.337 e. The number of carbonyl (C=O) groups excluding carboxylic acids is 1. The van der Waals surface area contributed by atoms with Crippen LogP contribution >= 0.6 is 0 Å². The van der Waals surface area contributed by atoms with E-state index in [0.717, 1.165) is 13.1 Å². The van der Waals surface area contributed by atoms with Gasteiger partial charge >= 0.3 is 5.97 Å².